The third kappa shape index (κ3) is 2.58. The van der Waals surface area contributed by atoms with Crippen molar-refractivity contribution in [1.29, 1.82) is 0 Å². The van der Waals surface area contributed by atoms with Crippen LogP contribution in [-0.4, -0.2) is 36.1 Å². The number of methoxy groups -OCH3 is 1. The van der Waals surface area contributed by atoms with Gasteiger partial charge in [-0.15, -0.1) is 0 Å². The second kappa shape index (κ2) is 4.63. The summed E-state index contributed by atoms with van der Waals surface area (Å²) in [7, 11) is 1.62. The molecule has 1 saturated carbocycles. The van der Waals surface area contributed by atoms with Gasteiger partial charge < -0.3 is 14.9 Å². The van der Waals surface area contributed by atoms with E-state index in [2.05, 4.69) is 13.8 Å². The summed E-state index contributed by atoms with van der Waals surface area (Å²) in [5.74, 6) is 0. The first-order valence-electron chi connectivity index (χ1n) is 6.11. The molecular formula is C13H26O3. The molecule has 1 fully saturated rings. The van der Waals surface area contributed by atoms with Gasteiger partial charge in [-0.05, 0) is 24.7 Å². The number of hydrogen-bond acceptors (Lipinski definition) is 3. The highest BCUT2D eigenvalue weighted by Crippen LogP contribution is 2.49. The van der Waals surface area contributed by atoms with Gasteiger partial charge in [-0.3, -0.25) is 0 Å². The van der Waals surface area contributed by atoms with E-state index in [0.717, 1.165) is 25.7 Å². The number of ether oxygens (including phenoxy) is 1. The SMILES string of the molecule is COCC(C)(CO)C1(O)CCCC(C)(C)C1. The van der Waals surface area contributed by atoms with Gasteiger partial charge in [0.25, 0.3) is 0 Å². The molecule has 0 bridgehead atoms. The van der Waals surface area contributed by atoms with Crippen LogP contribution >= 0.6 is 0 Å². The van der Waals surface area contributed by atoms with Crippen LogP contribution in [0.2, 0.25) is 0 Å². The smallest absolute Gasteiger partial charge is 0.0750 e. The third-order valence-electron chi connectivity index (χ3n) is 4.15. The Morgan fingerprint density at radius 3 is 2.38 bits per heavy atom. The summed E-state index contributed by atoms with van der Waals surface area (Å²) < 4.78 is 5.16. The first kappa shape index (κ1) is 13.9. The molecule has 0 aromatic rings. The summed E-state index contributed by atoms with van der Waals surface area (Å²) in [6.07, 6.45) is 3.66. The topological polar surface area (TPSA) is 49.7 Å². The Balaban J connectivity index is 2.89. The minimum atomic E-state index is -0.806. The molecule has 1 rings (SSSR count). The van der Waals surface area contributed by atoms with Crippen molar-refractivity contribution in [2.75, 3.05) is 20.3 Å². The summed E-state index contributed by atoms with van der Waals surface area (Å²) >= 11 is 0. The number of aliphatic hydroxyl groups excluding tert-OH is 1. The van der Waals surface area contributed by atoms with Crippen LogP contribution in [0.5, 0.6) is 0 Å². The lowest BCUT2D eigenvalue weighted by molar-refractivity contribution is -0.164. The highest BCUT2D eigenvalue weighted by atomic mass is 16.5. The average Bonchev–Trinajstić information content (AvgIpc) is 2.15. The van der Waals surface area contributed by atoms with Crippen molar-refractivity contribution in [3.8, 4) is 0 Å². The molecule has 2 N–H and O–H groups in total. The minimum Gasteiger partial charge on any atom is -0.396 e. The van der Waals surface area contributed by atoms with Crippen LogP contribution < -0.4 is 0 Å². The zero-order valence-corrected chi connectivity index (χ0v) is 11.0. The fourth-order valence-electron chi connectivity index (χ4n) is 2.99. The summed E-state index contributed by atoms with van der Waals surface area (Å²) in [4.78, 5) is 0. The molecule has 2 unspecified atom stereocenters. The van der Waals surface area contributed by atoms with Crippen LogP contribution in [0.3, 0.4) is 0 Å². The Bertz CT molecular complexity index is 239. The van der Waals surface area contributed by atoms with Crippen molar-refractivity contribution in [3.63, 3.8) is 0 Å². The summed E-state index contributed by atoms with van der Waals surface area (Å²) in [6, 6.07) is 0. The maximum Gasteiger partial charge on any atom is 0.0750 e. The minimum absolute atomic E-state index is 0.0343. The van der Waals surface area contributed by atoms with Gasteiger partial charge in [0.2, 0.25) is 0 Å². The van der Waals surface area contributed by atoms with Gasteiger partial charge in [-0.2, -0.15) is 0 Å². The van der Waals surface area contributed by atoms with Gasteiger partial charge >= 0.3 is 0 Å². The van der Waals surface area contributed by atoms with E-state index in [-0.39, 0.29) is 12.0 Å². The lowest BCUT2D eigenvalue weighted by Crippen LogP contribution is -2.55. The fraction of sp³-hybridized carbons (Fsp3) is 1.00. The van der Waals surface area contributed by atoms with Crippen LogP contribution in [0.1, 0.15) is 46.5 Å². The predicted molar refractivity (Wildman–Crippen MR) is 64.3 cm³/mol. The first-order chi connectivity index (χ1) is 7.29. The number of hydrogen-bond donors (Lipinski definition) is 2. The molecule has 0 spiro atoms. The van der Waals surface area contributed by atoms with Crippen molar-refractivity contribution < 1.29 is 14.9 Å². The zero-order valence-electron chi connectivity index (χ0n) is 11.0. The molecule has 0 heterocycles. The Morgan fingerprint density at radius 2 is 1.94 bits per heavy atom. The standard InChI is InChI=1S/C13H26O3/c1-11(2)6-5-7-13(15,8-11)12(3,9-14)10-16-4/h14-15H,5-10H2,1-4H3. The molecule has 0 aromatic carbocycles. The predicted octanol–water partition coefficient (Wildman–Crippen LogP) is 1.96. The van der Waals surface area contributed by atoms with Crippen molar-refractivity contribution in [2.24, 2.45) is 10.8 Å². The van der Waals surface area contributed by atoms with Crippen LogP contribution in [0.4, 0.5) is 0 Å². The third-order valence-corrected chi connectivity index (χ3v) is 4.15. The lowest BCUT2D eigenvalue weighted by Gasteiger charge is -2.50. The summed E-state index contributed by atoms with van der Waals surface area (Å²) in [6.45, 7) is 6.64. The van der Waals surface area contributed by atoms with Crippen LogP contribution in [0.15, 0.2) is 0 Å². The largest absolute Gasteiger partial charge is 0.396 e. The molecule has 1 aliphatic carbocycles. The Morgan fingerprint density at radius 1 is 1.31 bits per heavy atom. The molecule has 0 saturated heterocycles. The molecular weight excluding hydrogens is 204 g/mol. The van der Waals surface area contributed by atoms with E-state index in [1.54, 1.807) is 7.11 Å². The molecule has 2 atom stereocenters. The maximum atomic E-state index is 10.8. The molecule has 3 heteroatoms. The van der Waals surface area contributed by atoms with E-state index >= 15 is 0 Å². The van der Waals surface area contributed by atoms with Crippen LogP contribution in [0.25, 0.3) is 0 Å². The van der Waals surface area contributed by atoms with E-state index in [1.807, 2.05) is 6.92 Å². The fourth-order valence-corrected chi connectivity index (χ4v) is 2.99. The molecule has 16 heavy (non-hydrogen) atoms. The van der Waals surface area contributed by atoms with Gasteiger partial charge in [0.15, 0.2) is 0 Å². The second-order valence-electron chi connectivity index (χ2n) is 6.38. The molecule has 0 radical (unpaired) electrons. The zero-order chi connectivity index (χ0) is 12.4. The molecule has 0 aliphatic heterocycles. The normalized spacial score (nSPS) is 33.4. The molecule has 0 amide bonds. The Labute approximate surface area is 98.8 Å². The van der Waals surface area contributed by atoms with E-state index in [1.165, 1.54) is 0 Å². The Hall–Kier alpha value is -0.120. The van der Waals surface area contributed by atoms with E-state index < -0.39 is 11.0 Å². The Kier molecular flexibility index (Phi) is 4.04. The summed E-state index contributed by atoms with van der Waals surface area (Å²) in [5.41, 5.74) is -1.21. The number of rotatable bonds is 4. The molecule has 1 aliphatic rings. The van der Waals surface area contributed by atoms with Gasteiger partial charge in [0.05, 0.1) is 18.8 Å². The van der Waals surface area contributed by atoms with Gasteiger partial charge in [0, 0.05) is 12.5 Å². The quantitative estimate of drug-likeness (QED) is 0.776. The maximum absolute atomic E-state index is 10.8. The highest BCUT2D eigenvalue weighted by Gasteiger charge is 2.50. The van der Waals surface area contributed by atoms with Gasteiger partial charge in [-0.25, -0.2) is 0 Å². The monoisotopic (exact) mass is 230 g/mol. The van der Waals surface area contributed by atoms with Gasteiger partial charge in [-0.1, -0.05) is 27.2 Å². The van der Waals surface area contributed by atoms with Crippen LogP contribution in [0, 0.1) is 10.8 Å². The first-order valence-corrected chi connectivity index (χ1v) is 6.11. The van der Waals surface area contributed by atoms with Crippen molar-refractivity contribution in [3.05, 3.63) is 0 Å². The van der Waals surface area contributed by atoms with Crippen molar-refractivity contribution in [2.45, 2.75) is 52.1 Å². The summed E-state index contributed by atoms with van der Waals surface area (Å²) in [5, 5.41) is 20.4. The van der Waals surface area contributed by atoms with E-state index in [4.69, 9.17) is 4.74 Å². The van der Waals surface area contributed by atoms with E-state index in [0.29, 0.717) is 6.61 Å². The average molecular weight is 230 g/mol. The molecule has 96 valence electrons. The number of aliphatic hydroxyl groups is 2. The second-order valence-corrected chi connectivity index (χ2v) is 6.38. The molecule has 0 aromatic heterocycles. The molecule has 3 nitrogen and oxygen atoms in total. The van der Waals surface area contributed by atoms with Crippen molar-refractivity contribution >= 4 is 0 Å². The van der Waals surface area contributed by atoms with E-state index in [9.17, 15) is 10.2 Å². The highest BCUT2D eigenvalue weighted by molar-refractivity contribution is 5.01. The van der Waals surface area contributed by atoms with Crippen LogP contribution in [-0.2, 0) is 4.74 Å². The van der Waals surface area contributed by atoms with Crippen molar-refractivity contribution in [1.82, 2.24) is 0 Å². The van der Waals surface area contributed by atoms with Gasteiger partial charge in [0.1, 0.15) is 0 Å². The lowest BCUT2D eigenvalue weighted by atomic mass is 9.60.